The van der Waals surface area contributed by atoms with Crippen molar-refractivity contribution in [2.24, 2.45) is 0 Å². The largest absolute Gasteiger partial charge is 0.481 e. The van der Waals surface area contributed by atoms with Crippen LogP contribution in [0.25, 0.3) is 0 Å². The maximum atomic E-state index is 11.5. The van der Waals surface area contributed by atoms with Crippen LogP contribution in [0.1, 0.15) is 22.6 Å². The first-order valence-corrected chi connectivity index (χ1v) is 6.96. The van der Waals surface area contributed by atoms with Crippen LogP contribution in [0.3, 0.4) is 0 Å². The summed E-state index contributed by atoms with van der Waals surface area (Å²) in [5, 5.41) is 10.7. The van der Waals surface area contributed by atoms with Crippen molar-refractivity contribution >= 4 is 29.2 Å². The van der Waals surface area contributed by atoms with Gasteiger partial charge < -0.3 is 5.11 Å². The van der Waals surface area contributed by atoms with Crippen molar-refractivity contribution in [3.05, 3.63) is 69.2 Å². The van der Waals surface area contributed by atoms with Crippen LogP contribution in [-0.2, 0) is 11.2 Å². The molecule has 104 valence electrons. The summed E-state index contributed by atoms with van der Waals surface area (Å²) in [4.78, 5) is 11.5. The third-order valence-corrected chi connectivity index (χ3v) is 3.91. The molecule has 0 spiro atoms. The molecule has 0 radical (unpaired) electrons. The first kappa shape index (κ1) is 14.9. The molecular weight excluding hydrogens is 295 g/mol. The molecule has 2 nitrogen and oxygen atoms in total. The van der Waals surface area contributed by atoms with E-state index in [1.807, 2.05) is 31.2 Å². The number of carboxylic acids is 1. The standard InChI is InChI=1S/C16H14Cl2O2/c1-10-2-5-12(9-15(10)18)14(16(19)20)8-11-3-6-13(17)7-4-11/h2-7,9,14H,8H2,1H3,(H,19,20). The summed E-state index contributed by atoms with van der Waals surface area (Å²) in [5.41, 5.74) is 2.58. The Labute approximate surface area is 128 Å². The van der Waals surface area contributed by atoms with Gasteiger partial charge in [-0.15, -0.1) is 0 Å². The lowest BCUT2D eigenvalue weighted by Crippen LogP contribution is -2.14. The molecule has 0 aliphatic carbocycles. The predicted octanol–water partition coefficient (Wildman–Crippen LogP) is 4.71. The second kappa shape index (κ2) is 6.29. The monoisotopic (exact) mass is 308 g/mol. The van der Waals surface area contributed by atoms with Crippen molar-refractivity contribution in [2.45, 2.75) is 19.3 Å². The molecular formula is C16H14Cl2O2. The first-order chi connectivity index (χ1) is 9.47. The van der Waals surface area contributed by atoms with Gasteiger partial charge in [-0.1, -0.05) is 47.5 Å². The van der Waals surface area contributed by atoms with Gasteiger partial charge in [0.2, 0.25) is 0 Å². The average Bonchev–Trinajstić information content (AvgIpc) is 2.41. The van der Waals surface area contributed by atoms with Crippen molar-refractivity contribution in [2.75, 3.05) is 0 Å². The number of rotatable bonds is 4. The number of aryl methyl sites for hydroxylation is 1. The Bertz CT molecular complexity index is 621. The zero-order valence-corrected chi connectivity index (χ0v) is 12.4. The van der Waals surface area contributed by atoms with Gasteiger partial charge in [-0.05, 0) is 48.2 Å². The van der Waals surface area contributed by atoms with E-state index in [1.165, 1.54) is 0 Å². The fourth-order valence-electron chi connectivity index (χ4n) is 2.03. The van der Waals surface area contributed by atoms with Gasteiger partial charge in [0.25, 0.3) is 0 Å². The van der Waals surface area contributed by atoms with Gasteiger partial charge in [-0.2, -0.15) is 0 Å². The first-order valence-electron chi connectivity index (χ1n) is 6.20. The maximum Gasteiger partial charge on any atom is 0.311 e. The van der Waals surface area contributed by atoms with Crippen molar-refractivity contribution in [1.82, 2.24) is 0 Å². The molecule has 0 bridgehead atoms. The highest BCUT2D eigenvalue weighted by molar-refractivity contribution is 6.31. The van der Waals surface area contributed by atoms with Crippen LogP contribution in [0.5, 0.6) is 0 Å². The summed E-state index contributed by atoms with van der Waals surface area (Å²) in [6.45, 7) is 1.89. The molecule has 1 atom stereocenters. The quantitative estimate of drug-likeness (QED) is 0.888. The van der Waals surface area contributed by atoms with E-state index in [0.717, 1.165) is 11.1 Å². The molecule has 2 aromatic carbocycles. The minimum absolute atomic E-state index is 0.409. The van der Waals surface area contributed by atoms with Gasteiger partial charge in [0.05, 0.1) is 5.92 Å². The van der Waals surface area contributed by atoms with E-state index < -0.39 is 11.9 Å². The molecule has 0 aliphatic heterocycles. The smallest absolute Gasteiger partial charge is 0.311 e. The molecule has 0 saturated heterocycles. The second-order valence-corrected chi connectivity index (χ2v) is 5.57. The van der Waals surface area contributed by atoms with E-state index in [-0.39, 0.29) is 0 Å². The highest BCUT2D eigenvalue weighted by atomic mass is 35.5. The third kappa shape index (κ3) is 3.53. The molecule has 0 amide bonds. The minimum Gasteiger partial charge on any atom is -0.481 e. The van der Waals surface area contributed by atoms with Gasteiger partial charge in [0.1, 0.15) is 0 Å². The van der Waals surface area contributed by atoms with Crippen molar-refractivity contribution in [3.8, 4) is 0 Å². The Morgan fingerprint density at radius 3 is 2.35 bits per heavy atom. The molecule has 20 heavy (non-hydrogen) atoms. The van der Waals surface area contributed by atoms with Crippen molar-refractivity contribution in [3.63, 3.8) is 0 Å². The van der Waals surface area contributed by atoms with E-state index in [1.54, 1.807) is 18.2 Å². The summed E-state index contributed by atoms with van der Waals surface area (Å²) in [5.74, 6) is -1.48. The van der Waals surface area contributed by atoms with Crippen LogP contribution < -0.4 is 0 Å². The number of carboxylic acid groups (broad SMARTS) is 1. The number of carbonyl (C=O) groups is 1. The second-order valence-electron chi connectivity index (χ2n) is 4.73. The number of aliphatic carboxylic acids is 1. The van der Waals surface area contributed by atoms with Crippen LogP contribution in [0.2, 0.25) is 10.0 Å². The normalized spacial score (nSPS) is 12.2. The number of hydrogen-bond acceptors (Lipinski definition) is 1. The summed E-state index contributed by atoms with van der Waals surface area (Å²) >= 11 is 11.9. The minimum atomic E-state index is -0.861. The highest BCUT2D eigenvalue weighted by Crippen LogP contribution is 2.26. The summed E-state index contributed by atoms with van der Waals surface area (Å²) in [6.07, 6.45) is 0.409. The molecule has 2 aromatic rings. The Morgan fingerprint density at radius 2 is 1.80 bits per heavy atom. The lowest BCUT2D eigenvalue weighted by molar-refractivity contribution is -0.138. The Balaban J connectivity index is 2.29. The number of halogens is 2. The van der Waals surface area contributed by atoms with Crippen LogP contribution in [0.4, 0.5) is 0 Å². The fourth-order valence-corrected chi connectivity index (χ4v) is 2.34. The van der Waals surface area contributed by atoms with Crippen LogP contribution in [0.15, 0.2) is 42.5 Å². The summed E-state index contributed by atoms with van der Waals surface area (Å²) in [6, 6.07) is 12.6. The van der Waals surface area contributed by atoms with Gasteiger partial charge in [-0.3, -0.25) is 4.79 Å². The molecule has 0 aliphatic rings. The molecule has 0 fully saturated rings. The third-order valence-electron chi connectivity index (χ3n) is 3.25. The molecule has 4 heteroatoms. The van der Waals surface area contributed by atoms with E-state index in [0.29, 0.717) is 22.0 Å². The number of hydrogen-bond donors (Lipinski definition) is 1. The average molecular weight is 309 g/mol. The number of benzene rings is 2. The SMILES string of the molecule is Cc1ccc(C(Cc2ccc(Cl)cc2)C(=O)O)cc1Cl. The zero-order chi connectivity index (χ0) is 14.7. The Kier molecular flexibility index (Phi) is 4.69. The fraction of sp³-hybridized carbons (Fsp3) is 0.188. The van der Waals surface area contributed by atoms with Crippen molar-refractivity contribution in [1.29, 1.82) is 0 Å². The molecule has 0 aromatic heterocycles. The molecule has 2 rings (SSSR count). The predicted molar refractivity (Wildman–Crippen MR) is 81.7 cm³/mol. The van der Waals surface area contributed by atoms with E-state index >= 15 is 0 Å². The molecule has 0 saturated carbocycles. The van der Waals surface area contributed by atoms with E-state index in [2.05, 4.69) is 0 Å². The Morgan fingerprint density at radius 1 is 1.15 bits per heavy atom. The van der Waals surface area contributed by atoms with E-state index in [4.69, 9.17) is 23.2 Å². The molecule has 1 unspecified atom stereocenters. The summed E-state index contributed by atoms with van der Waals surface area (Å²) in [7, 11) is 0. The highest BCUT2D eigenvalue weighted by Gasteiger charge is 2.21. The van der Waals surface area contributed by atoms with Crippen LogP contribution in [0, 0.1) is 6.92 Å². The van der Waals surface area contributed by atoms with Crippen molar-refractivity contribution < 1.29 is 9.90 Å². The lowest BCUT2D eigenvalue weighted by atomic mass is 9.91. The van der Waals surface area contributed by atoms with E-state index in [9.17, 15) is 9.90 Å². The summed E-state index contributed by atoms with van der Waals surface area (Å²) < 4.78 is 0. The zero-order valence-electron chi connectivity index (χ0n) is 10.9. The maximum absolute atomic E-state index is 11.5. The lowest BCUT2D eigenvalue weighted by Gasteiger charge is -2.14. The van der Waals surface area contributed by atoms with Gasteiger partial charge in [0.15, 0.2) is 0 Å². The Hall–Kier alpha value is -1.51. The molecule has 1 N–H and O–H groups in total. The van der Waals surface area contributed by atoms with Gasteiger partial charge in [-0.25, -0.2) is 0 Å². The molecule has 0 heterocycles. The van der Waals surface area contributed by atoms with Gasteiger partial charge >= 0.3 is 5.97 Å². The van der Waals surface area contributed by atoms with Crippen LogP contribution in [-0.4, -0.2) is 11.1 Å². The topological polar surface area (TPSA) is 37.3 Å². The van der Waals surface area contributed by atoms with Crippen LogP contribution >= 0.6 is 23.2 Å². The van der Waals surface area contributed by atoms with Gasteiger partial charge in [0, 0.05) is 10.0 Å².